The van der Waals surface area contributed by atoms with Gasteiger partial charge >= 0.3 is 0 Å². The smallest absolute Gasteiger partial charge is 0.0841 e. The third kappa shape index (κ3) is 1.42. The van der Waals surface area contributed by atoms with Crippen molar-refractivity contribution >= 4 is 10.9 Å². The summed E-state index contributed by atoms with van der Waals surface area (Å²) in [4.78, 5) is 0. The van der Waals surface area contributed by atoms with Gasteiger partial charge in [-0.1, -0.05) is 18.2 Å². The van der Waals surface area contributed by atoms with Crippen LogP contribution in [0, 0.1) is 23.7 Å². The van der Waals surface area contributed by atoms with Crippen molar-refractivity contribution in [2.24, 2.45) is 30.7 Å². The minimum atomic E-state index is 0.794. The Morgan fingerprint density at radius 3 is 2.75 bits per heavy atom. The van der Waals surface area contributed by atoms with Crippen LogP contribution in [0.15, 0.2) is 24.3 Å². The third-order valence-corrected chi connectivity index (χ3v) is 6.07. The van der Waals surface area contributed by atoms with Crippen molar-refractivity contribution in [1.29, 1.82) is 0 Å². The number of para-hydroxylation sites is 1. The number of hydrogen-bond acceptors (Lipinski definition) is 2. The van der Waals surface area contributed by atoms with E-state index in [0.717, 1.165) is 36.3 Å². The summed E-state index contributed by atoms with van der Waals surface area (Å²) in [6.45, 7) is 0.929. The molecule has 1 heterocycles. The van der Waals surface area contributed by atoms with Crippen LogP contribution in [0.5, 0.6) is 0 Å². The summed E-state index contributed by atoms with van der Waals surface area (Å²) < 4.78 is 2.00. The molecule has 2 bridgehead atoms. The summed E-state index contributed by atoms with van der Waals surface area (Å²) in [7, 11) is 2.04. The van der Waals surface area contributed by atoms with E-state index in [9.17, 15) is 0 Å². The van der Waals surface area contributed by atoms with Crippen molar-refractivity contribution in [2.75, 3.05) is 0 Å². The van der Waals surface area contributed by atoms with E-state index in [1.165, 1.54) is 35.9 Å². The molecular formula is C17H21N3. The molecule has 1 N–H and O–H groups in total. The molecule has 4 atom stereocenters. The van der Waals surface area contributed by atoms with Gasteiger partial charge in [0, 0.05) is 25.0 Å². The molecule has 1 aromatic heterocycles. The maximum Gasteiger partial charge on any atom is 0.0841 e. The van der Waals surface area contributed by atoms with Crippen molar-refractivity contribution in [3.8, 4) is 0 Å². The van der Waals surface area contributed by atoms with Crippen LogP contribution in [0.3, 0.4) is 0 Å². The van der Waals surface area contributed by atoms with Gasteiger partial charge in [-0.3, -0.25) is 4.68 Å². The quantitative estimate of drug-likeness (QED) is 0.926. The normalized spacial score (nSPS) is 37.5. The van der Waals surface area contributed by atoms with Crippen molar-refractivity contribution in [3.63, 3.8) is 0 Å². The Morgan fingerprint density at radius 2 is 1.95 bits per heavy atom. The van der Waals surface area contributed by atoms with Gasteiger partial charge in [0.1, 0.15) is 0 Å². The fraction of sp³-hybridized carbons (Fsp3) is 0.588. The van der Waals surface area contributed by atoms with Crippen LogP contribution in [-0.2, 0) is 13.6 Å². The average Bonchev–Trinajstić information content (AvgIpc) is 2.78. The molecule has 3 saturated carbocycles. The average molecular weight is 267 g/mol. The Bertz CT molecular complexity index is 658. The summed E-state index contributed by atoms with van der Waals surface area (Å²) in [6.07, 6.45) is 4.52. The van der Waals surface area contributed by atoms with Crippen molar-refractivity contribution in [3.05, 3.63) is 30.0 Å². The molecule has 3 heteroatoms. The molecule has 0 radical (unpaired) electrons. The van der Waals surface area contributed by atoms with E-state index in [1.807, 2.05) is 11.7 Å². The Kier molecular flexibility index (Phi) is 2.18. The molecule has 3 aliphatic rings. The van der Waals surface area contributed by atoms with Gasteiger partial charge in [-0.15, -0.1) is 0 Å². The van der Waals surface area contributed by atoms with E-state index < -0.39 is 0 Å². The maximum absolute atomic E-state index is 4.69. The van der Waals surface area contributed by atoms with E-state index in [0.29, 0.717) is 0 Å². The fourth-order valence-corrected chi connectivity index (χ4v) is 5.23. The fourth-order valence-electron chi connectivity index (χ4n) is 5.23. The number of fused-ring (bicyclic) bond motifs is 6. The van der Waals surface area contributed by atoms with E-state index >= 15 is 0 Å². The van der Waals surface area contributed by atoms with Gasteiger partial charge in [-0.05, 0) is 49.0 Å². The summed E-state index contributed by atoms with van der Waals surface area (Å²) in [5, 5.41) is 9.80. The number of aromatic nitrogens is 2. The molecule has 0 saturated heterocycles. The number of benzene rings is 1. The lowest BCUT2D eigenvalue weighted by Gasteiger charge is -2.09. The summed E-state index contributed by atoms with van der Waals surface area (Å²) in [5.74, 6) is 4.10. The second kappa shape index (κ2) is 3.85. The molecule has 3 aliphatic carbocycles. The molecule has 0 aliphatic heterocycles. The summed E-state index contributed by atoms with van der Waals surface area (Å²) in [6, 6.07) is 9.33. The zero-order chi connectivity index (χ0) is 13.3. The highest BCUT2D eigenvalue weighted by Gasteiger charge is 2.64. The van der Waals surface area contributed by atoms with Crippen LogP contribution in [-0.4, -0.2) is 15.8 Å². The second-order valence-electron chi connectivity index (χ2n) is 6.98. The molecule has 2 aromatic rings. The van der Waals surface area contributed by atoms with E-state index in [-0.39, 0.29) is 0 Å². The first kappa shape index (κ1) is 11.3. The Hall–Kier alpha value is -1.35. The number of nitrogens with one attached hydrogen (secondary N) is 1. The standard InChI is InChI=1S/C17H21N3/c1-20-14-5-3-2-4-12(14)13(19-20)9-18-17-15-10-6-7-11(8-10)16(15)17/h2-5,10-11,15-18H,6-9H2,1H3. The van der Waals surface area contributed by atoms with Gasteiger partial charge < -0.3 is 5.32 Å². The maximum atomic E-state index is 4.69. The Balaban J connectivity index is 1.35. The lowest BCUT2D eigenvalue weighted by atomic mass is 10.0. The van der Waals surface area contributed by atoms with Gasteiger partial charge in [-0.25, -0.2) is 0 Å². The van der Waals surface area contributed by atoms with Crippen molar-refractivity contribution in [2.45, 2.75) is 31.8 Å². The van der Waals surface area contributed by atoms with Crippen molar-refractivity contribution < 1.29 is 0 Å². The molecular weight excluding hydrogens is 246 g/mol. The molecule has 20 heavy (non-hydrogen) atoms. The first-order valence-electron chi connectivity index (χ1n) is 7.97. The van der Waals surface area contributed by atoms with Crippen molar-refractivity contribution in [1.82, 2.24) is 15.1 Å². The zero-order valence-corrected chi connectivity index (χ0v) is 11.9. The molecule has 0 amide bonds. The number of nitrogens with zero attached hydrogens (tertiary/aromatic N) is 2. The first-order chi connectivity index (χ1) is 9.83. The highest BCUT2D eigenvalue weighted by Crippen LogP contribution is 2.65. The second-order valence-corrected chi connectivity index (χ2v) is 6.98. The Labute approximate surface area is 119 Å². The predicted molar refractivity (Wildman–Crippen MR) is 79.2 cm³/mol. The molecule has 3 nitrogen and oxygen atoms in total. The summed E-state index contributed by atoms with van der Waals surface area (Å²) in [5.41, 5.74) is 2.45. The van der Waals surface area contributed by atoms with Crippen LogP contribution in [0.25, 0.3) is 10.9 Å². The van der Waals surface area contributed by atoms with Gasteiger partial charge in [0.25, 0.3) is 0 Å². The first-order valence-corrected chi connectivity index (χ1v) is 7.97. The third-order valence-electron chi connectivity index (χ3n) is 6.07. The summed E-state index contributed by atoms with van der Waals surface area (Å²) >= 11 is 0. The van der Waals surface area contributed by atoms with E-state index in [4.69, 9.17) is 5.10 Å². The molecule has 104 valence electrons. The number of rotatable bonds is 3. The minimum absolute atomic E-state index is 0.794. The molecule has 3 fully saturated rings. The highest BCUT2D eigenvalue weighted by molar-refractivity contribution is 5.81. The zero-order valence-electron chi connectivity index (χ0n) is 11.9. The topological polar surface area (TPSA) is 29.9 Å². The Morgan fingerprint density at radius 1 is 1.20 bits per heavy atom. The molecule has 1 aromatic carbocycles. The van der Waals surface area contributed by atoms with Gasteiger partial charge in [0.05, 0.1) is 11.2 Å². The molecule has 0 spiro atoms. The number of hydrogen-bond donors (Lipinski definition) is 1. The predicted octanol–water partition coefficient (Wildman–Crippen LogP) is 2.71. The van der Waals surface area contributed by atoms with Crippen LogP contribution in [0.4, 0.5) is 0 Å². The molecule has 5 rings (SSSR count). The largest absolute Gasteiger partial charge is 0.308 e. The minimum Gasteiger partial charge on any atom is -0.308 e. The number of aryl methyl sites for hydroxylation is 1. The van der Waals surface area contributed by atoms with Crippen LogP contribution >= 0.6 is 0 Å². The van der Waals surface area contributed by atoms with Crippen LogP contribution in [0.2, 0.25) is 0 Å². The monoisotopic (exact) mass is 267 g/mol. The van der Waals surface area contributed by atoms with Gasteiger partial charge in [0.2, 0.25) is 0 Å². The highest BCUT2D eigenvalue weighted by atomic mass is 15.3. The lowest BCUT2D eigenvalue weighted by molar-refractivity contribution is 0.456. The SMILES string of the molecule is Cn1nc(CNC2C3C4CCC(C4)C23)c2ccccc21. The van der Waals surface area contributed by atoms with E-state index in [2.05, 4.69) is 29.6 Å². The van der Waals surface area contributed by atoms with Crippen LogP contribution in [0.1, 0.15) is 25.0 Å². The van der Waals surface area contributed by atoms with Crippen LogP contribution < -0.4 is 5.32 Å². The molecule has 4 unspecified atom stereocenters. The lowest BCUT2D eigenvalue weighted by Crippen LogP contribution is -2.22. The van der Waals surface area contributed by atoms with E-state index in [1.54, 1.807) is 0 Å². The van der Waals surface area contributed by atoms with Gasteiger partial charge in [-0.2, -0.15) is 5.10 Å². The van der Waals surface area contributed by atoms with Gasteiger partial charge in [0.15, 0.2) is 0 Å².